The fraction of sp³-hybridized carbons (Fsp3) is 0.727. The topological polar surface area (TPSA) is 36.9 Å². The maximum absolute atomic E-state index is 5.80. The Morgan fingerprint density at radius 2 is 0.962 bits per heavy atom. The third kappa shape index (κ3) is 6.66. The van der Waals surface area contributed by atoms with E-state index in [0.29, 0.717) is 0 Å². The van der Waals surface area contributed by atoms with Crippen LogP contribution in [0.15, 0.2) is 24.3 Å². The first-order valence-electron chi connectivity index (χ1n) is 9.59. The second-order valence-corrected chi connectivity index (χ2v) is 9.16. The van der Waals surface area contributed by atoms with Crippen LogP contribution in [0.3, 0.4) is 0 Å². The van der Waals surface area contributed by atoms with E-state index in [-0.39, 0.29) is 11.2 Å². The molecule has 1 aromatic carbocycles. The van der Waals surface area contributed by atoms with Crippen molar-refractivity contribution in [3.63, 3.8) is 0 Å². The Kier molecular flexibility index (Phi) is 7.45. The van der Waals surface area contributed by atoms with Gasteiger partial charge in [-0.1, -0.05) is 32.0 Å². The van der Waals surface area contributed by atoms with E-state index < -0.39 is 11.2 Å². The van der Waals surface area contributed by atoms with E-state index in [0.717, 1.165) is 24.0 Å². The van der Waals surface area contributed by atoms with Gasteiger partial charge < -0.3 is 0 Å². The van der Waals surface area contributed by atoms with Gasteiger partial charge >= 0.3 is 0 Å². The number of benzene rings is 1. The van der Waals surface area contributed by atoms with Gasteiger partial charge in [-0.05, 0) is 85.4 Å². The lowest BCUT2D eigenvalue weighted by molar-refractivity contribution is -0.407. The van der Waals surface area contributed by atoms with Crippen LogP contribution in [0, 0.1) is 0 Å². The van der Waals surface area contributed by atoms with Crippen LogP contribution < -0.4 is 0 Å². The van der Waals surface area contributed by atoms with Crippen LogP contribution in [0.2, 0.25) is 0 Å². The molecule has 0 aliphatic carbocycles. The molecule has 0 N–H and O–H groups in total. The van der Waals surface area contributed by atoms with Gasteiger partial charge in [-0.15, -0.1) is 0 Å². The molecule has 26 heavy (non-hydrogen) atoms. The van der Waals surface area contributed by atoms with Crippen LogP contribution >= 0.6 is 0 Å². The van der Waals surface area contributed by atoms with Gasteiger partial charge in [0.1, 0.15) is 11.2 Å². The third-order valence-corrected chi connectivity index (χ3v) is 4.91. The minimum Gasteiger partial charge on any atom is -0.230 e. The monoisotopic (exact) mass is 366 g/mol. The van der Waals surface area contributed by atoms with Gasteiger partial charge in [-0.25, -0.2) is 19.6 Å². The van der Waals surface area contributed by atoms with Gasteiger partial charge in [0.2, 0.25) is 0 Å². The molecule has 1 aromatic rings. The normalized spacial score (nSPS) is 13.9. The fourth-order valence-electron chi connectivity index (χ4n) is 1.92. The average Bonchev–Trinajstić information content (AvgIpc) is 2.59. The van der Waals surface area contributed by atoms with Crippen LogP contribution in [0.4, 0.5) is 0 Å². The lowest BCUT2D eigenvalue weighted by Gasteiger charge is -2.33. The molecule has 0 atom stereocenters. The van der Waals surface area contributed by atoms with E-state index in [9.17, 15) is 0 Å². The molecule has 0 unspecified atom stereocenters. The zero-order chi connectivity index (χ0) is 20.2. The summed E-state index contributed by atoms with van der Waals surface area (Å²) in [5.41, 5.74) is 0.235. The minimum absolute atomic E-state index is 0.323. The Labute approximate surface area is 160 Å². The molecule has 0 fully saturated rings. The molecule has 0 aliphatic rings. The van der Waals surface area contributed by atoms with Gasteiger partial charge in [-0.3, -0.25) is 0 Å². The number of hydrogen-bond acceptors (Lipinski definition) is 4. The third-order valence-electron chi connectivity index (χ3n) is 4.91. The zero-order valence-electron chi connectivity index (χ0n) is 18.4. The molecule has 4 nitrogen and oxygen atoms in total. The molecule has 0 saturated heterocycles. The summed E-state index contributed by atoms with van der Waals surface area (Å²) >= 11 is 0. The van der Waals surface area contributed by atoms with Crippen molar-refractivity contribution in [2.45, 2.75) is 104 Å². The summed E-state index contributed by atoms with van der Waals surface area (Å²) < 4.78 is 0. The van der Waals surface area contributed by atoms with Gasteiger partial charge in [-0.2, -0.15) is 0 Å². The molecule has 0 bridgehead atoms. The number of hydrogen-bond donors (Lipinski definition) is 0. The quantitative estimate of drug-likeness (QED) is 0.353. The second kappa shape index (κ2) is 8.39. The summed E-state index contributed by atoms with van der Waals surface area (Å²) in [7, 11) is 0. The fourth-order valence-corrected chi connectivity index (χ4v) is 1.92. The average molecular weight is 367 g/mol. The maximum atomic E-state index is 5.80. The smallest absolute Gasteiger partial charge is 0.123 e. The van der Waals surface area contributed by atoms with E-state index in [1.807, 2.05) is 73.6 Å². The Balaban J connectivity index is 2.95. The SMILES string of the molecule is CCC(C)(C)OOC(C)(C)c1cccc(C(C)(C)OOC(C)(C)CC)c1. The highest BCUT2D eigenvalue weighted by Crippen LogP contribution is 2.33. The van der Waals surface area contributed by atoms with Crippen molar-refractivity contribution in [3.05, 3.63) is 35.4 Å². The zero-order valence-corrected chi connectivity index (χ0v) is 18.4. The van der Waals surface area contributed by atoms with E-state index in [2.05, 4.69) is 19.9 Å². The van der Waals surface area contributed by atoms with Crippen LogP contribution in [0.5, 0.6) is 0 Å². The van der Waals surface area contributed by atoms with Crippen LogP contribution in [-0.2, 0) is 30.8 Å². The van der Waals surface area contributed by atoms with Crippen molar-refractivity contribution in [3.8, 4) is 0 Å². The van der Waals surface area contributed by atoms with Crippen molar-refractivity contribution in [2.24, 2.45) is 0 Å². The summed E-state index contributed by atoms with van der Waals surface area (Å²) in [6, 6.07) is 8.18. The highest BCUT2D eigenvalue weighted by molar-refractivity contribution is 5.30. The van der Waals surface area contributed by atoms with Gasteiger partial charge in [0.25, 0.3) is 0 Å². The first kappa shape index (κ1) is 23.1. The van der Waals surface area contributed by atoms with Gasteiger partial charge in [0.05, 0.1) is 11.2 Å². The van der Waals surface area contributed by atoms with Crippen molar-refractivity contribution in [1.82, 2.24) is 0 Å². The maximum Gasteiger partial charge on any atom is 0.123 e. The molecule has 0 heterocycles. The molecule has 0 radical (unpaired) electrons. The summed E-state index contributed by atoms with van der Waals surface area (Å²) in [4.78, 5) is 22.9. The molecule has 150 valence electrons. The Bertz CT molecular complexity index is 526. The van der Waals surface area contributed by atoms with E-state index in [1.165, 1.54) is 0 Å². The first-order valence-corrected chi connectivity index (χ1v) is 9.59. The Hall–Kier alpha value is -0.940. The lowest BCUT2D eigenvalue weighted by atomic mass is 9.91. The van der Waals surface area contributed by atoms with E-state index >= 15 is 0 Å². The summed E-state index contributed by atoms with van der Waals surface area (Å²) in [6.45, 7) is 20.2. The van der Waals surface area contributed by atoms with Crippen LogP contribution in [0.25, 0.3) is 0 Å². The molecular formula is C22H38O4. The highest BCUT2D eigenvalue weighted by Gasteiger charge is 2.31. The van der Waals surface area contributed by atoms with Crippen molar-refractivity contribution >= 4 is 0 Å². The van der Waals surface area contributed by atoms with Crippen LogP contribution in [-0.4, -0.2) is 11.2 Å². The largest absolute Gasteiger partial charge is 0.230 e. The summed E-state index contributed by atoms with van der Waals surface area (Å²) in [5, 5.41) is 0. The second-order valence-electron chi connectivity index (χ2n) is 9.16. The standard InChI is InChI=1S/C22H38O4/c1-11-19(3,4)23-25-21(7,8)17-14-13-15-18(16-17)22(9,10)26-24-20(5,6)12-2/h13-16H,11-12H2,1-10H3. The Morgan fingerprint density at radius 1 is 0.615 bits per heavy atom. The van der Waals surface area contributed by atoms with Gasteiger partial charge in [0.15, 0.2) is 0 Å². The molecular weight excluding hydrogens is 328 g/mol. The lowest BCUT2D eigenvalue weighted by Crippen LogP contribution is -2.32. The molecule has 1 rings (SSSR count). The predicted octanol–water partition coefficient (Wildman–Crippen LogP) is 6.43. The molecule has 4 heteroatoms. The van der Waals surface area contributed by atoms with Crippen LogP contribution in [0.1, 0.15) is 93.2 Å². The van der Waals surface area contributed by atoms with Crippen molar-refractivity contribution in [2.75, 3.05) is 0 Å². The molecule has 0 amide bonds. The minimum atomic E-state index is -0.581. The number of rotatable bonds is 10. The Morgan fingerprint density at radius 3 is 1.27 bits per heavy atom. The predicted molar refractivity (Wildman–Crippen MR) is 106 cm³/mol. The first-order chi connectivity index (χ1) is 11.7. The van der Waals surface area contributed by atoms with E-state index in [1.54, 1.807) is 0 Å². The molecule has 0 aliphatic heterocycles. The summed E-state index contributed by atoms with van der Waals surface area (Å²) in [5.74, 6) is 0. The highest BCUT2D eigenvalue weighted by atomic mass is 17.2. The molecule has 0 aromatic heterocycles. The van der Waals surface area contributed by atoms with E-state index in [4.69, 9.17) is 19.6 Å². The van der Waals surface area contributed by atoms with Gasteiger partial charge in [0, 0.05) is 0 Å². The summed E-state index contributed by atoms with van der Waals surface area (Å²) in [6.07, 6.45) is 1.74. The van der Waals surface area contributed by atoms with Crippen molar-refractivity contribution < 1.29 is 19.6 Å². The van der Waals surface area contributed by atoms with Crippen molar-refractivity contribution in [1.29, 1.82) is 0 Å². The molecule has 0 saturated carbocycles. The molecule has 0 spiro atoms.